The Labute approximate surface area is 127 Å². The van der Waals surface area contributed by atoms with Crippen molar-refractivity contribution in [2.45, 2.75) is 46.9 Å². The van der Waals surface area contributed by atoms with Gasteiger partial charge in [-0.3, -0.25) is 4.98 Å². The van der Waals surface area contributed by atoms with Crippen molar-refractivity contribution in [3.8, 4) is 5.75 Å². The van der Waals surface area contributed by atoms with Gasteiger partial charge in [-0.2, -0.15) is 0 Å². The molecule has 0 aliphatic heterocycles. The number of pyridine rings is 1. The molecule has 1 aromatic carbocycles. The van der Waals surface area contributed by atoms with Crippen LogP contribution in [0.3, 0.4) is 0 Å². The molecule has 0 fully saturated rings. The van der Waals surface area contributed by atoms with Crippen LogP contribution in [-0.4, -0.2) is 11.0 Å². The number of aryl methyl sites for hydroxylation is 2. The molecular formula is C18H24N2O. The molecule has 1 aromatic heterocycles. The van der Waals surface area contributed by atoms with Crippen LogP contribution in [0.25, 0.3) is 0 Å². The third-order valence-corrected chi connectivity index (χ3v) is 3.18. The van der Waals surface area contributed by atoms with Crippen LogP contribution in [-0.2, 0) is 13.2 Å². The third-order valence-electron chi connectivity index (χ3n) is 3.18. The quantitative estimate of drug-likeness (QED) is 0.876. The highest BCUT2D eigenvalue weighted by Crippen LogP contribution is 2.17. The number of hydrogen-bond acceptors (Lipinski definition) is 3. The Morgan fingerprint density at radius 3 is 2.38 bits per heavy atom. The normalized spacial score (nSPS) is 10.9. The molecule has 2 rings (SSSR count). The third kappa shape index (κ3) is 5.20. The first-order valence-electron chi connectivity index (χ1n) is 7.41. The minimum Gasteiger partial charge on any atom is -0.487 e. The van der Waals surface area contributed by atoms with Crippen LogP contribution in [0, 0.1) is 13.8 Å². The van der Waals surface area contributed by atoms with E-state index in [1.165, 1.54) is 16.7 Å². The second-order valence-electron chi connectivity index (χ2n) is 5.81. The Balaban J connectivity index is 1.91. The fourth-order valence-corrected chi connectivity index (χ4v) is 2.14. The molecule has 0 spiro atoms. The topological polar surface area (TPSA) is 34.1 Å². The Morgan fingerprint density at radius 2 is 1.81 bits per heavy atom. The predicted octanol–water partition coefficient (Wildman–Crippen LogP) is 3.78. The van der Waals surface area contributed by atoms with Crippen LogP contribution in [0.2, 0.25) is 0 Å². The summed E-state index contributed by atoms with van der Waals surface area (Å²) in [4.78, 5) is 4.45. The minimum atomic E-state index is 0.484. The van der Waals surface area contributed by atoms with Crippen molar-refractivity contribution in [3.63, 3.8) is 0 Å². The molecule has 0 saturated carbocycles. The number of nitrogens with one attached hydrogen (secondary N) is 1. The highest BCUT2D eigenvalue weighted by Gasteiger charge is 2.01. The molecule has 1 heterocycles. The molecule has 0 aliphatic rings. The fraction of sp³-hybridized carbons (Fsp3) is 0.389. The molecule has 0 bridgehead atoms. The molecule has 21 heavy (non-hydrogen) atoms. The highest BCUT2D eigenvalue weighted by molar-refractivity contribution is 5.33. The van der Waals surface area contributed by atoms with E-state index in [0.29, 0.717) is 12.6 Å². The largest absolute Gasteiger partial charge is 0.487 e. The summed E-state index contributed by atoms with van der Waals surface area (Å²) < 4.78 is 5.81. The SMILES string of the molecule is Cc1cc(C)cc(OCc2ccc(CNC(C)C)cn2)c1. The van der Waals surface area contributed by atoms with Gasteiger partial charge in [-0.1, -0.05) is 26.0 Å². The fourth-order valence-electron chi connectivity index (χ4n) is 2.14. The van der Waals surface area contributed by atoms with Crippen molar-refractivity contribution in [1.82, 2.24) is 10.3 Å². The van der Waals surface area contributed by atoms with Crippen molar-refractivity contribution in [3.05, 3.63) is 58.9 Å². The molecule has 3 heteroatoms. The van der Waals surface area contributed by atoms with Crippen molar-refractivity contribution in [1.29, 1.82) is 0 Å². The number of ether oxygens (including phenoxy) is 1. The van der Waals surface area contributed by atoms with E-state index in [1.807, 2.05) is 24.4 Å². The number of rotatable bonds is 6. The summed E-state index contributed by atoms with van der Waals surface area (Å²) in [5, 5.41) is 3.38. The highest BCUT2D eigenvalue weighted by atomic mass is 16.5. The number of benzene rings is 1. The zero-order chi connectivity index (χ0) is 15.2. The first kappa shape index (κ1) is 15.5. The van der Waals surface area contributed by atoms with Crippen LogP contribution >= 0.6 is 0 Å². The Bertz CT molecular complexity index is 556. The lowest BCUT2D eigenvalue weighted by molar-refractivity contribution is 0.301. The van der Waals surface area contributed by atoms with E-state index in [1.54, 1.807) is 0 Å². The summed E-state index contributed by atoms with van der Waals surface area (Å²) in [7, 11) is 0. The van der Waals surface area contributed by atoms with Crippen LogP contribution in [0.4, 0.5) is 0 Å². The summed E-state index contributed by atoms with van der Waals surface area (Å²) in [5.74, 6) is 0.903. The van der Waals surface area contributed by atoms with Gasteiger partial charge in [-0.15, -0.1) is 0 Å². The van der Waals surface area contributed by atoms with Gasteiger partial charge in [0.1, 0.15) is 12.4 Å². The zero-order valence-electron chi connectivity index (χ0n) is 13.3. The second-order valence-corrected chi connectivity index (χ2v) is 5.81. The van der Waals surface area contributed by atoms with Crippen molar-refractivity contribution < 1.29 is 4.74 Å². The molecule has 0 aliphatic carbocycles. The summed E-state index contributed by atoms with van der Waals surface area (Å²) in [6.45, 7) is 9.78. The van der Waals surface area contributed by atoms with Gasteiger partial charge in [-0.05, 0) is 48.7 Å². The predicted molar refractivity (Wildman–Crippen MR) is 86.5 cm³/mol. The van der Waals surface area contributed by atoms with Gasteiger partial charge in [0.15, 0.2) is 0 Å². The molecule has 2 aromatic rings. The summed E-state index contributed by atoms with van der Waals surface area (Å²) in [6.07, 6.45) is 1.91. The lowest BCUT2D eigenvalue weighted by Crippen LogP contribution is -2.21. The average Bonchev–Trinajstić information content (AvgIpc) is 2.43. The Kier molecular flexibility index (Phi) is 5.34. The van der Waals surface area contributed by atoms with Gasteiger partial charge < -0.3 is 10.1 Å². The van der Waals surface area contributed by atoms with Gasteiger partial charge in [0, 0.05) is 18.8 Å². The molecule has 3 nitrogen and oxygen atoms in total. The summed E-state index contributed by atoms with van der Waals surface area (Å²) in [5.41, 5.74) is 4.57. The van der Waals surface area contributed by atoms with E-state index in [0.717, 1.165) is 18.0 Å². The van der Waals surface area contributed by atoms with E-state index in [2.05, 4.69) is 50.1 Å². The zero-order valence-corrected chi connectivity index (χ0v) is 13.3. The standard InChI is InChI=1S/C18H24N2O/c1-13(2)19-10-16-5-6-17(20-11-16)12-21-18-8-14(3)7-15(4)9-18/h5-9,11,13,19H,10,12H2,1-4H3. The molecule has 0 amide bonds. The van der Waals surface area contributed by atoms with Gasteiger partial charge in [-0.25, -0.2) is 0 Å². The monoisotopic (exact) mass is 284 g/mol. The van der Waals surface area contributed by atoms with E-state index in [-0.39, 0.29) is 0 Å². The lowest BCUT2D eigenvalue weighted by Gasteiger charge is -2.10. The molecule has 0 atom stereocenters. The maximum absolute atomic E-state index is 5.81. The van der Waals surface area contributed by atoms with Crippen LogP contribution in [0.5, 0.6) is 5.75 Å². The lowest BCUT2D eigenvalue weighted by atomic mass is 10.1. The van der Waals surface area contributed by atoms with Gasteiger partial charge in [0.25, 0.3) is 0 Å². The van der Waals surface area contributed by atoms with Crippen molar-refractivity contribution in [2.75, 3.05) is 0 Å². The Morgan fingerprint density at radius 1 is 1.10 bits per heavy atom. The van der Waals surface area contributed by atoms with E-state index in [4.69, 9.17) is 4.74 Å². The maximum atomic E-state index is 5.81. The Hall–Kier alpha value is -1.87. The summed E-state index contributed by atoms with van der Waals surface area (Å²) >= 11 is 0. The van der Waals surface area contributed by atoms with E-state index >= 15 is 0 Å². The van der Waals surface area contributed by atoms with Crippen molar-refractivity contribution >= 4 is 0 Å². The van der Waals surface area contributed by atoms with Crippen LogP contribution in [0.15, 0.2) is 36.5 Å². The van der Waals surface area contributed by atoms with Crippen LogP contribution in [0.1, 0.15) is 36.2 Å². The van der Waals surface area contributed by atoms with Crippen molar-refractivity contribution in [2.24, 2.45) is 0 Å². The molecule has 112 valence electrons. The van der Waals surface area contributed by atoms with Gasteiger partial charge in [0.2, 0.25) is 0 Å². The van der Waals surface area contributed by atoms with Gasteiger partial charge in [0.05, 0.1) is 5.69 Å². The molecule has 0 unspecified atom stereocenters. The number of hydrogen-bond donors (Lipinski definition) is 1. The number of aromatic nitrogens is 1. The first-order chi connectivity index (χ1) is 10.0. The molecule has 0 radical (unpaired) electrons. The molecule has 0 saturated heterocycles. The van der Waals surface area contributed by atoms with E-state index in [9.17, 15) is 0 Å². The van der Waals surface area contributed by atoms with E-state index < -0.39 is 0 Å². The molecular weight excluding hydrogens is 260 g/mol. The first-order valence-corrected chi connectivity index (χ1v) is 7.41. The number of nitrogens with zero attached hydrogens (tertiary/aromatic N) is 1. The maximum Gasteiger partial charge on any atom is 0.130 e. The minimum absolute atomic E-state index is 0.484. The molecule has 1 N–H and O–H groups in total. The summed E-state index contributed by atoms with van der Waals surface area (Å²) in [6, 6.07) is 10.9. The van der Waals surface area contributed by atoms with Gasteiger partial charge >= 0.3 is 0 Å². The van der Waals surface area contributed by atoms with Crippen LogP contribution < -0.4 is 10.1 Å². The average molecular weight is 284 g/mol. The smallest absolute Gasteiger partial charge is 0.130 e. The second kappa shape index (κ2) is 7.23.